The monoisotopic (exact) mass is 367 g/mol. The smallest absolute Gasteiger partial charge is 0.409 e. The summed E-state index contributed by atoms with van der Waals surface area (Å²) in [6.45, 7) is 0.497. The molecule has 3 aromatic rings. The molecular weight excluding hydrogens is 346 g/mol. The van der Waals surface area contributed by atoms with Gasteiger partial charge in [-0.1, -0.05) is 24.3 Å². The summed E-state index contributed by atoms with van der Waals surface area (Å²) < 4.78 is 5.15. The molecule has 7 heteroatoms. The first kappa shape index (κ1) is 18.5. The lowest BCUT2D eigenvalue weighted by Gasteiger charge is -2.13. The number of hydroxylamine groups is 2. The van der Waals surface area contributed by atoms with Crippen molar-refractivity contribution in [2.75, 3.05) is 20.7 Å². The number of carbonyl (C=O) groups is 2. The number of H-pyrrole nitrogens is 1. The highest BCUT2D eigenvalue weighted by Gasteiger charge is 2.13. The summed E-state index contributed by atoms with van der Waals surface area (Å²) in [5, 5.41) is 5.00. The fourth-order valence-corrected chi connectivity index (χ4v) is 2.69. The highest BCUT2D eigenvalue weighted by atomic mass is 16.7. The molecule has 0 saturated heterocycles. The number of ether oxygens (including phenoxy) is 1. The topological polar surface area (TPSA) is 83.7 Å². The molecule has 0 bridgehead atoms. The number of carbonyl (C=O) groups excluding carboxylic acids is 2. The largest absolute Gasteiger partial charge is 0.439 e. The van der Waals surface area contributed by atoms with Gasteiger partial charge < -0.3 is 15.0 Å². The van der Waals surface area contributed by atoms with E-state index in [0.29, 0.717) is 18.5 Å². The van der Waals surface area contributed by atoms with Gasteiger partial charge in [-0.2, -0.15) is 5.06 Å². The Kier molecular flexibility index (Phi) is 5.73. The van der Waals surface area contributed by atoms with Crippen LogP contribution in [0.15, 0.2) is 54.7 Å². The zero-order valence-corrected chi connectivity index (χ0v) is 15.2. The van der Waals surface area contributed by atoms with E-state index in [2.05, 4.69) is 16.4 Å². The van der Waals surface area contributed by atoms with Crippen LogP contribution in [0, 0.1) is 0 Å². The minimum Gasteiger partial charge on any atom is -0.409 e. The Morgan fingerprint density at radius 2 is 1.96 bits per heavy atom. The number of fused-ring (bicyclic) bond motifs is 1. The number of rotatable bonds is 6. The fraction of sp³-hybridized carbons (Fsp3) is 0.200. The van der Waals surface area contributed by atoms with Crippen LogP contribution >= 0.6 is 0 Å². The summed E-state index contributed by atoms with van der Waals surface area (Å²) in [6.07, 6.45) is 2.00. The molecule has 0 unspecified atom stereocenters. The normalized spacial score (nSPS) is 10.6. The van der Waals surface area contributed by atoms with E-state index >= 15 is 0 Å². The molecule has 1 aromatic heterocycles. The molecule has 1 heterocycles. The summed E-state index contributed by atoms with van der Waals surface area (Å²) in [5.74, 6) is 0.0426. The van der Waals surface area contributed by atoms with Crippen LogP contribution in [0.25, 0.3) is 10.9 Å². The minimum absolute atomic E-state index is 0.229. The molecule has 2 N–H and O–H groups in total. The van der Waals surface area contributed by atoms with E-state index in [1.165, 1.54) is 20.2 Å². The van der Waals surface area contributed by atoms with Crippen molar-refractivity contribution in [1.29, 1.82) is 0 Å². The Balaban J connectivity index is 1.58. The van der Waals surface area contributed by atoms with Crippen molar-refractivity contribution in [2.24, 2.45) is 0 Å². The second-order valence-corrected chi connectivity index (χ2v) is 5.94. The molecular formula is C20H21N3O4. The molecule has 2 amide bonds. The highest BCUT2D eigenvalue weighted by molar-refractivity contribution is 5.94. The van der Waals surface area contributed by atoms with E-state index in [0.717, 1.165) is 21.5 Å². The van der Waals surface area contributed by atoms with E-state index in [4.69, 9.17) is 9.57 Å². The van der Waals surface area contributed by atoms with Crippen molar-refractivity contribution in [3.63, 3.8) is 0 Å². The summed E-state index contributed by atoms with van der Waals surface area (Å²) in [4.78, 5) is 32.1. The fourth-order valence-electron chi connectivity index (χ4n) is 2.69. The van der Waals surface area contributed by atoms with E-state index < -0.39 is 6.09 Å². The highest BCUT2D eigenvalue weighted by Crippen LogP contribution is 2.18. The second kappa shape index (κ2) is 8.37. The molecule has 0 atom stereocenters. The number of aromatic nitrogens is 1. The summed E-state index contributed by atoms with van der Waals surface area (Å²) >= 11 is 0. The first-order valence-electron chi connectivity index (χ1n) is 8.51. The van der Waals surface area contributed by atoms with Crippen LogP contribution in [0.5, 0.6) is 5.75 Å². The van der Waals surface area contributed by atoms with Gasteiger partial charge in [0.15, 0.2) is 0 Å². The lowest BCUT2D eigenvalue weighted by Crippen LogP contribution is -2.29. The van der Waals surface area contributed by atoms with E-state index in [-0.39, 0.29) is 11.7 Å². The van der Waals surface area contributed by atoms with Gasteiger partial charge in [-0.15, -0.1) is 0 Å². The number of nitrogens with one attached hydrogen (secondary N) is 2. The third-order valence-electron chi connectivity index (χ3n) is 4.19. The van der Waals surface area contributed by atoms with E-state index in [9.17, 15) is 9.59 Å². The van der Waals surface area contributed by atoms with Crippen molar-refractivity contribution in [1.82, 2.24) is 15.4 Å². The van der Waals surface area contributed by atoms with Gasteiger partial charge in [0, 0.05) is 36.3 Å². The Morgan fingerprint density at radius 1 is 1.15 bits per heavy atom. The Hall–Kier alpha value is -3.32. The van der Waals surface area contributed by atoms with Crippen molar-refractivity contribution in [3.05, 3.63) is 65.9 Å². The maximum absolute atomic E-state index is 12.4. The van der Waals surface area contributed by atoms with Crippen molar-refractivity contribution in [3.8, 4) is 5.75 Å². The van der Waals surface area contributed by atoms with Gasteiger partial charge in [0.05, 0.1) is 7.11 Å². The van der Waals surface area contributed by atoms with Crippen LogP contribution in [0.1, 0.15) is 15.9 Å². The molecule has 0 aliphatic rings. The number of benzene rings is 2. The van der Waals surface area contributed by atoms with Crippen LogP contribution in [-0.2, 0) is 11.3 Å². The van der Waals surface area contributed by atoms with Crippen molar-refractivity contribution in [2.45, 2.75) is 6.42 Å². The second-order valence-electron chi connectivity index (χ2n) is 5.94. The third kappa shape index (κ3) is 4.45. The lowest BCUT2D eigenvalue weighted by molar-refractivity contribution is -0.0790. The van der Waals surface area contributed by atoms with Gasteiger partial charge in [-0.25, -0.2) is 4.79 Å². The Morgan fingerprint density at radius 3 is 2.78 bits per heavy atom. The summed E-state index contributed by atoms with van der Waals surface area (Å²) in [7, 11) is 2.79. The predicted molar refractivity (Wildman–Crippen MR) is 102 cm³/mol. The molecule has 0 radical (unpaired) electrons. The zero-order chi connectivity index (χ0) is 19.2. The number of aromatic amines is 1. The maximum Gasteiger partial charge on any atom is 0.439 e. The van der Waals surface area contributed by atoms with Crippen molar-refractivity contribution >= 4 is 22.9 Å². The zero-order valence-electron chi connectivity index (χ0n) is 15.2. The number of para-hydroxylation sites is 1. The average Bonchev–Trinajstić information content (AvgIpc) is 3.10. The number of hydrogen-bond acceptors (Lipinski definition) is 4. The quantitative estimate of drug-likeness (QED) is 0.656. The van der Waals surface area contributed by atoms with Gasteiger partial charge in [0.1, 0.15) is 5.75 Å². The third-order valence-corrected chi connectivity index (χ3v) is 4.19. The number of nitrogens with zero attached hydrogens (tertiary/aromatic N) is 1. The molecule has 0 aliphatic carbocycles. The van der Waals surface area contributed by atoms with Gasteiger partial charge in [-0.05, 0) is 36.2 Å². The SMILES string of the molecule is CON(C)C(=O)Oc1cccc(C(=O)NCCc2c[nH]c3ccccc23)c1. The first-order valence-corrected chi connectivity index (χ1v) is 8.51. The van der Waals surface area contributed by atoms with Crippen molar-refractivity contribution < 1.29 is 19.2 Å². The van der Waals surface area contributed by atoms with Crippen LogP contribution in [-0.4, -0.2) is 42.7 Å². The molecule has 7 nitrogen and oxygen atoms in total. The molecule has 3 rings (SSSR count). The van der Waals surface area contributed by atoms with Gasteiger partial charge in [0.2, 0.25) is 0 Å². The molecule has 27 heavy (non-hydrogen) atoms. The Bertz CT molecular complexity index is 951. The van der Waals surface area contributed by atoms with Crippen LogP contribution in [0.3, 0.4) is 0 Å². The molecule has 140 valence electrons. The molecule has 0 spiro atoms. The molecule has 0 fully saturated rings. The van der Waals surface area contributed by atoms with Gasteiger partial charge >= 0.3 is 6.09 Å². The van der Waals surface area contributed by atoms with Crippen LogP contribution in [0.2, 0.25) is 0 Å². The summed E-state index contributed by atoms with van der Waals surface area (Å²) in [5.41, 5.74) is 2.64. The lowest BCUT2D eigenvalue weighted by atomic mass is 10.1. The standard InChI is InChI=1S/C20H21N3O4/c1-23(26-2)20(25)27-16-7-5-6-14(12-16)19(24)21-11-10-15-13-22-18-9-4-3-8-17(15)18/h3-9,12-13,22H,10-11H2,1-2H3,(H,21,24). The predicted octanol–water partition coefficient (Wildman–Crippen LogP) is 3.13. The first-order chi connectivity index (χ1) is 13.1. The summed E-state index contributed by atoms with van der Waals surface area (Å²) in [6, 6.07) is 14.5. The molecule has 0 saturated carbocycles. The number of amides is 2. The molecule has 2 aromatic carbocycles. The van der Waals surface area contributed by atoms with E-state index in [1.807, 2.05) is 24.4 Å². The molecule has 0 aliphatic heterocycles. The average molecular weight is 367 g/mol. The van der Waals surface area contributed by atoms with Gasteiger partial charge in [0.25, 0.3) is 5.91 Å². The minimum atomic E-state index is -0.672. The van der Waals surface area contributed by atoms with E-state index in [1.54, 1.807) is 18.2 Å². The van der Waals surface area contributed by atoms with Crippen LogP contribution in [0.4, 0.5) is 4.79 Å². The van der Waals surface area contributed by atoms with Gasteiger partial charge in [-0.3, -0.25) is 9.63 Å². The maximum atomic E-state index is 12.4. The van der Waals surface area contributed by atoms with Crippen LogP contribution < -0.4 is 10.1 Å². The number of hydrogen-bond donors (Lipinski definition) is 2. The Labute approximate surface area is 156 Å².